The highest BCUT2D eigenvalue weighted by Gasteiger charge is 2.19. The molecule has 0 amide bonds. The molecular weight excluding hydrogens is 363 g/mol. The number of nitrogens with zero attached hydrogens (tertiary/aromatic N) is 2. The van der Waals surface area contributed by atoms with Crippen LogP contribution >= 0.6 is 0 Å². The largest absolute Gasteiger partial charge is 0.292 e. The zero-order chi connectivity index (χ0) is 20.1. The summed E-state index contributed by atoms with van der Waals surface area (Å²) in [6.45, 7) is 0. The SMILES string of the molecule is [B]c1ccc(-c2nc3c4ccccc4c4ccccc4c3n2-c2ccccc2)cc1. The van der Waals surface area contributed by atoms with Gasteiger partial charge in [-0.1, -0.05) is 96.5 Å². The molecule has 1 heterocycles. The van der Waals surface area contributed by atoms with Crippen LogP contribution in [-0.4, -0.2) is 17.4 Å². The molecule has 0 saturated carbocycles. The standard InChI is InChI=1S/C27H17BN2/c28-19-16-14-18(15-17-19)27-29-25-23-12-6-4-10-21(23)22-11-5-7-13-24(22)26(25)30(27)20-8-2-1-3-9-20/h1-17H. The van der Waals surface area contributed by atoms with Crippen LogP contribution in [0, 0.1) is 0 Å². The fourth-order valence-corrected chi connectivity index (χ4v) is 4.36. The number of hydrogen-bond acceptors (Lipinski definition) is 1. The minimum Gasteiger partial charge on any atom is -0.292 e. The van der Waals surface area contributed by atoms with Gasteiger partial charge in [-0.3, -0.25) is 4.57 Å². The van der Waals surface area contributed by atoms with Crippen LogP contribution in [0.25, 0.3) is 49.7 Å². The highest BCUT2D eigenvalue weighted by Crippen LogP contribution is 2.38. The van der Waals surface area contributed by atoms with Crippen LogP contribution in [0.3, 0.4) is 0 Å². The first-order chi connectivity index (χ1) is 14.8. The molecule has 2 nitrogen and oxygen atoms in total. The molecule has 0 aliphatic heterocycles. The van der Waals surface area contributed by atoms with Crippen molar-refractivity contribution in [2.75, 3.05) is 0 Å². The zero-order valence-electron chi connectivity index (χ0n) is 16.3. The van der Waals surface area contributed by atoms with E-state index >= 15 is 0 Å². The topological polar surface area (TPSA) is 17.8 Å². The number of benzene rings is 5. The molecule has 0 bridgehead atoms. The normalized spacial score (nSPS) is 11.5. The third-order valence-electron chi connectivity index (χ3n) is 5.72. The molecule has 0 atom stereocenters. The number of rotatable bonds is 2. The molecule has 138 valence electrons. The van der Waals surface area contributed by atoms with Crippen LogP contribution in [0.5, 0.6) is 0 Å². The summed E-state index contributed by atoms with van der Waals surface area (Å²) in [5.74, 6) is 0.915. The number of hydrogen-bond donors (Lipinski definition) is 0. The van der Waals surface area contributed by atoms with E-state index in [9.17, 15) is 0 Å². The van der Waals surface area contributed by atoms with Crippen molar-refractivity contribution in [1.82, 2.24) is 9.55 Å². The lowest BCUT2D eigenvalue weighted by Crippen LogP contribution is -2.02. The third-order valence-corrected chi connectivity index (χ3v) is 5.72. The van der Waals surface area contributed by atoms with Gasteiger partial charge in [-0.25, -0.2) is 4.98 Å². The van der Waals surface area contributed by atoms with Crippen molar-refractivity contribution in [2.24, 2.45) is 0 Å². The zero-order valence-corrected chi connectivity index (χ0v) is 16.3. The lowest BCUT2D eigenvalue weighted by atomic mass is 9.95. The van der Waals surface area contributed by atoms with E-state index in [0.717, 1.165) is 39.0 Å². The molecule has 0 unspecified atom stereocenters. The summed E-state index contributed by atoms with van der Waals surface area (Å²) in [5, 5.41) is 4.82. The van der Waals surface area contributed by atoms with Gasteiger partial charge in [0.15, 0.2) is 0 Å². The number of aromatic nitrogens is 2. The Labute approximate surface area is 175 Å². The fraction of sp³-hybridized carbons (Fsp3) is 0. The summed E-state index contributed by atoms with van der Waals surface area (Å²) >= 11 is 0. The summed E-state index contributed by atoms with van der Waals surface area (Å²) in [7, 11) is 5.95. The Morgan fingerprint density at radius 1 is 0.567 bits per heavy atom. The second-order valence-electron chi connectivity index (χ2n) is 7.52. The smallest absolute Gasteiger partial charge is 0.145 e. The van der Waals surface area contributed by atoms with Crippen LogP contribution in [0.2, 0.25) is 0 Å². The molecule has 0 fully saturated rings. The maximum atomic E-state index is 5.95. The minimum atomic E-state index is 0.747. The first-order valence-corrected chi connectivity index (χ1v) is 10.0. The molecule has 0 aliphatic carbocycles. The van der Waals surface area contributed by atoms with Gasteiger partial charge in [0.1, 0.15) is 13.7 Å². The van der Waals surface area contributed by atoms with Crippen molar-refractivity contribution < 1.29 is 0 Å². The van der Waals surface area contributed by atoms with Crippen LogP contribution in [0.1, 0.15) is 0 Å². The van der Waals surface area contributed by atoms with Crippen molar-refractivity contribution in [3.05, 3.63) is 103 Å². The summed E-state index contributed by atoms with van der Waals surface area (Å²) in [5.41, 5.74) is 5.02. The van der Waals surface area contributed by atoms with Gasteiger partial charge in [-0.2, -0.15) is 0 Å². The molecule has 1 aromatic heterocycles. The molecule has 2 radical (unpaired) electrons. The highest BCUT2D eigenvalue weighted by molar-refractivity contribution is 6.32. The van der Waals surface area contributed by atoms with E-state index in [1.54, 1.807) is 0 Å². The number of fused-ring (bicyclic) bond motifs is 6. The van der Waals surface area contributed by atoms with Crippen LogP contribution in [0.15, 0.2) is 103 Å². The average Bonchev–Trinajstić information content (AvgIpc) is 3.21. The second-order valence-corrected chi connectivity index (χ2v) is 7.52. The van der Waals surface area contributed by atoms with Gasteiger partial charge in [0, 0.05) is 22.0 Å². The summed E-state index contributed by atoms with van der Waals surface area (Å²) in [6, 6.07) is 35.5. The fourth-order valence-electron chi connectivity index (χ4n) is 4.36. The van der Waals surface area contributed by atoms with E-state index in [4.69, 9.17) is 12.8 Å². The van der Waals surface area contributed by atoms with E-state index in [-0.39, 0.29) is 0 Å². The van der Waals surface area contributed by atoms with Gasteiger partial charge in [0.2, 0.25) is 0 Å². The Bertz CT molecular complexity index is 1530. The predicted octanol–water partition coefficient (Wildman–Crippen LogP) is 5.79. The highest BCUT2D eigenvalue weighted by atomic mass is 15.1. The third kappa shape index (κ3) is 2.49. The Kier molecular flexibility index (Phi) is 3.75. The quantitative estimate of drug-likeness (QED) is 0.275. The molecule has 0 saturated heterocycles. The van der Waals surface area contributed by atoms with Gasteiger partial charge in [-0.05, 0) is 22.9 Å². The van der Waals surface area contributed by atoms with Crippen molar-refractivity contribution in [3.63, 3.8) is 0 Å². The van der Waals surface area contributed by atoms with Crippen molar-refractivity contribution in [2.45, 2.75) is 0 Å². The van der Waals surface area contributed by atoms with Crippen molar-refractivity contribution in [1.29, 1.82) is 0 Å². The Morgan fingerprint density at radius 2 is 1.13 bits per heavy atom. The second kappa shape index (κ2) is 6.60. The van der Waals surface area contributed by atoms with E-state index in [2.05, 4.69) is 77.4 Å². The van der Waals surface area contributed by atoms with Crippen LogP contribution in [0.4, 0.5) is 0 Å². The summed E-state index contributed by atoms with van der Waals surface area (Å²) in [4.78, 5) is 5.19. The molecule has 30 heavy (non-hydrogen) atoms. The molecular formula is C27H17BN2. The van der Waals surface area contributed by atoms with Gasteiger partial charge in [-0.15, -0.1) is 0 Å². The van der Waals surface area contributed by atoms with Crippen LogP contribution in [-0.2, 0) is 0 Å². The maximum Gasteiger partial charge on any atom is 0.145 e. The van der Waals surface area contributed by atoms with E-state index < -0.39 is 0 Å². The monoisotopic (exact) mass is 380 g/mol. The minimum absolute atomic E-state index is 0.747. The first kappa shape index (κ1) is 17.1. The number of para-hydroxylation sites is 1. The molecule has 6 aromatic rings. The van der Waals surface area contributed by atoms with Gasteiger partial charge in [0.05, 0.1) is 11.0 Å². The van der Waals surface area contributed by atoms with Gasteiger partial charge >= 0.3 is 0 Å². The predicted molar refractivity (Wildman–Crippen MR) is 127 cm³/mol. The lowest BCUT2D eigenvalue weighted by Gasteiger charge is -2.12. The summed E-state index contributed by atoms with van der Waals surface area (Å²) in [6.07, 6.45) is 0. The van der Waals surface area contributed by atoms with Gasteiger partial charge < -0.3 is 0 Å². The average molecular weight is 380 g/mol. The molecule has 6 rings (SSSR count). The Morgan fingerprint density at radius 3 is 1.83 bits per heavy atom. The summed E-state index contributed by atoms with van der Waals surface area (Å²) < 4.78 is 2.27. The van der Waals surface area contributed by atoms with Crippen LogP contribution < -0.4 is 5.46 Å². The molecule has 0 N–H and O–H groups in total. The number of imidazole rings is 1. The molecule has 0 spiro atoms. The Balaban J connectivity index is 1.87. The van der Waals surface area contributed by atoms with E-state index in [1.807, 2.05) is 30.3 Å². The maximum absolute atomic E-state index is 5.95. The van der Waals surface area contributed by atoms with Crippen molar-refractivity contribution >= 4 is 45.9 Å². The van der Waals surface area contributed by atoms with E-state index in [0.29, 0.717) is 0 Å². The van der Waals surface area contributed by atoms with Crippen molar-refractivity contribution in [3.8, 4) is 17.1 Å². The molecule has 3 heteroatoms. The Hall–Kier alpha value is -3.85. The molecule has 0 aliphatic rings. The van der Waals surface area contributed by atoms with Gasteiger partial charge in [0.25, 0.3) is 0 Å². The first-order valence-electron chi connectivity index (χ1n) is 10.0. The van der Waals surface area contributed by atoms with E-state index in [1.165, 1.54) is 16.2 Å². The molecule has 5 aromatic carbocycles. The lowest BCUT2D eigenvalue weighted by molar-refractivity contribution is 1.11.